The van der Waals surface area contributed by atoms with E-state index in [-0.39, 0.29) is 5.25 Å². The molecule has 0 aliphatic carbocycles. The van der Waals surface area contributed by atoms with E-state index < -0.39 is 9.84 Å². The average Bonchev–Trinajstić information content (AvgIpc) is 2.26. The first-order valence-corrected chi connectivity index (χ1v) is 7.50. The maximum absolute atomic E-state index is 12.2. The van der Waals surface area contributed by atoms with Gasteiger partial charge < -0.3 is 5.32 Å². The second kappa shape index (κ2) is 5.80. The van der Waals surface area contributed by atoms with Crippen molar-refractivity contribution in [2.75, 3.05) is 13.6 Å². The fraction of sp³-hybridized carbons (Fsp3) is 0.455. The lowest BCUT2D eigenvalue weighted by atomic mass is 10.3. The Labute approximate surface area is 105 Å². The number of rotatable bonds is 5. The topological polar surface area (TPSA) is 46.2 Å². The van der Waals surface area contributed by atoms with E-state index in [1.807, 2.05) is 6.92 Å². The second-order valence-electron chi connectivity index (χ2n) is 3.59. The molecule has 3 nitrogen and oxygen atoms in total. The van der Waals surface area contributed by atoms with Crippen LogP contribution < -0.4 is 5.32 Å². The third-order valence-corrected chi connectivity index (χ3v) is 5.30. The van der Waals surface area contributed by atoms with E-state index in [9.17, 15) is 8.42 Å². The lowest BCUT2D eigenvalue weighted by molar-refractivity contribution is 0.568. The number of hydrogen-bond donors (Lipinski definition) is 1. The Bertz CT molecular complexity index is 428. The van der Waals surface area contributed by atoms with Crippen LogP contribution in [0.3, 0.4) is 0 Å². The molecule has 0 aliphatic rings. The summed E-state index contributed by atoms with van der Waals surface area (Å²) in [5.74, 6) is 0. The summed E-state index contributed by atoms with van der Waals surface area (Å²) in [7, 11) is -1.45. The van der Waals surface area contributed by atoms with Crippen molar-refractivity contribution in [1.29, 1.82) is 0 Å². The van der Waals surface area contributed by atoms with Crippen molar-refractivity contribution >= 4 is 25.8 Å². The van der Waals surface area contributed by atoms with E-state index in [4.69, 9.17) is 0 Å². The van der Waals surface area contributed by atoms with Crippen molar-refractivity contribution in [3.63, 3.8) is 0 Å². The van der Waals surface area contributed by atoms with E-state index in [2.05, 4.69) is 21.2 Å². The van der Waals surface area contributed by atoms with Gasteiger partial charge in [0.1, 0.15) is 0 Å². The minimum Gasteiger partial charge on any atom is -0.318 e. The summed E-state index contributed by atoms with van der Waals surface area (Å²) >= 11 is 3.29. The van der Waals surface area contributed by atoms with Gasteiger partial charge in [-0.1, -0.05) is 22.9 Å². The lowest BCUT2D eigenvalue weighted by Crippen LogP contribution is -2.31. The van der Waals surface area contributed by atoms with Crippen LogP contribution in [0.5, 0.6) is 0 Å². The first-order valence-electron chi connectivity index (χ1n) is 5.16. The predicted molar refractivity (Wildman–Crippen MR) is 69.3 cm³/mol. The lowest BCUT2D eigenvalue weighted by Gasteiger charge is -2.15. The van der Waals surface area contributed by atoms with Crippen LogP contribution in [0, 0.1) is 0 Å². The summed E-state index contributed by atoms with van der Waals surface area (Å²) in [4.78, 5) is 0.387. The zero-order chi connectivity index (χ0) is 12.2. The number of halogens is 1. The number of benzene rings is 1. The Balaban J connectivity index is 3.04. The Morgan fingerprint density at radius 2 is 1.88 bits per heavy atom. The SMILES string of the molecule is CCC(CNC)S(=O)(=O)c1ccc(Br)cc1. The quantitative estimate of drug-likeness (QED) is 0.907. The summed E-state index contributed by atoms with van der Waals surface area (Å²) in [6.45, 7) is 2.37. The molecule has 90 valence electrons. The molecular formula is C11H16BrNO2S. The van der Waals surface area contributed by atoms with Crippen molar-refractivity contribution in [2.24, 2.45) is 0 Å². The largest absolute Gasteiger partial charge is 0.318 e. The van der Waals surface area contributed by atoms with Crippen molar-refractivity contribution in [1.82, 2.24) is 5.32 Å². The Hall–Kier alpha value is -0.390. The third kappa shape index (κ3) is 3.06. The van der Waals surface area contributed by atoms with E-state index in [1.165, 1.54) is 0 Å². The van der Waals surface area contributed by atoms with Crippen molar-refractivity contribution < 1.29 is 8.42 Å². The molecule has 0 saturated heterocycles. The highest BCUT2D eigenvalue weighted by molar-refractivity contribution is 9.10. The van der Waals surface area contributed by atoms with Gasteiger partial charge in [-0.15, -0.1) is 0 Å². The molecule has 0 amide bonds. The Morgan fingerprint density at radius 1 is 1.31 bits per heavy atom. The summed E-state index contributed by atoms with van der Waals surface area (Å²) in [6.07, 6.45) is 0.610. The molecule has 0 aliphatic heterocycles. The van der Waals surface area contributed by atoms with E-state index in [0.717, 1.165) is 4.47 Å². The molecule has 0 fully saturated rings. The Kier molecular flexibility index (Phi) is 4.95. The maximum atomic E-state index is 12.2. The van der Waals surface area contributed by atoms with E-state index in [1.54, 1.807) is 31.3 Å². The standard InChI is InChI=1S/C11H16BrNO2S/c1-3-10(8-13-2)16(14,15)11-6-4-9(12)5-7-11/h4-7,10,13H,3,8H2,1-2H3. The molecule has 1 aromatic carbocycles. The summed E-state index contributed by atoms with van der Waals surface area (Å²) in [5, 5.41) is 2.56. The van der Waals surface area contributed by atoms with Crippen LogP contribution in [-0.4, -0.2) is 27.3 Å². The van der Waals surface area contributed by atoms with Crippen LogP contribution in [0.25, 0.3) is 0 Å². The zero-order valence-electron chi connectivity index (χ0n) is 9.40. The van der Waals surface area contributed by atoms with Gasteiger partial charge in [-0.3, -0.25) is 0 Å². The molecule has 5 heteroatoms. The van der Waals surface area contributed by atoms with E-state index >= 15 is 0 Å². The molecule has 16 heavy (non-hydrogen) atoms. The van der Waals surface area contributed by atoms with Gasteiger partial charge in [0.15, 0.2) is 9.84 Å². The van der Waals surface area contributed by atoms with Gasteiger partial charge in [0.05, 0.1) is 10.1 Å². The van der Waals surface area contributed by atoms with Crippen LogP contribution in [0.1, 0.15) is 13.3 Å². The molecule has 0 heterocycles. The normalized spacial score (nSPS) is 13.7. The van der Waals surface area contributed by atoms with Gasteiger partial charge in [0.2, 0.25) is 0 Å². The minimum absolute atomic E-state index is 0.362. The summed E-state index contributed by atoms with van der Waals surface area (Å²) in [6, 6.07) is 6.77. The predicted octanol–water partition coefficient (Wildman–Crippen LogP) is 2.22. The molecule has 0 saturated carbocycles. The summed E-state index contributed by atoms with van der Waals surface area (Å²) < 4.78 is 25.3. The average molecular weight is 306 g/mol. The molecule has 1 aromatic rings. The monoisotopic (exact) mass is 305 g/mol. The first-order chi connectivity index (χ1) is 7.52. The Morgan fingerprint density at radius 3 is 2.31 bits per heavy atom. The third-order valence-electron chi connectivity index (χ3n) is 2.47. The van der Waals surface area contributed by atoms with Gasteiger partial charge in [0, 0.05) is 11.0 Å². The van der Waals surface area contributed by atoms with Gasteiger partial charge in [-0.05, 0) is 37.7 Å². The second-order valence-corrected chi connectivity index (χ2v) is 6.73. The fourth-order valence-corrected chi connectivity index (χ4v) is 3.51. The number of hydrogen-bond acceptors (Lipinski definition) is 3. The highest BCUT2D eigenvalue weighted by Gasteiger charge is 2.24. The van der Waals surface area contributed by atoms with Crippen LogP contribution in [0.2, 0.25) is 0 Å². The molecule has 1 rings (SSSR count). The van der Waals surface area contributed by atoms with Crippen LogP contribution in [0.15, 0.2) is 33.6 Å². The molecule has 0 spiro atoms. The molecule has 1 unspecified atom stereocenters. The first kappa shape index (κ1) is 13.7. The van der Waals surface area contributed by atoms with Gasteiger partial charge >= 0.3 is 0 Å². The fourth-order valence-electron chi connectivity index (χ4n) is 1.52. The van der Waals surface area contributed by atoms with Crippen LogP contribution in [-0.2, 0) is 9.84 Å². The zero-order valence-corrected chi connectivity index (χ0v) is 11.8. The van der Waals surface area contributed by atoms with Crippen molar-refractivity contribution in [3.8, 4) is 0 Å². The van der Waals surface area contributed by atoms with E-state index in [0.29, 0.717) is 17.9 Å². The highest BCUT2D eigenvalue weighted by Crippen LogP contribution is 2.20. The maximum Gasteiger partial charge on any atom is 0.182 e. The minimum atomic E-state index is -3.21. The molecule has 0 bridgehead atoms. The van der Waals surface area contributed by atoms with Crippen LogP contribution in [0.4, 0.5) is 0 Å². The van der Waals surface area contributed by atoms with Crippen molar-refractivity contribution in [3.05, 3.63) is 28.7 Å². The van der Waals surface area contributed by atoms with Gasteiger partial charge in [-0.2, -0.15) is 0 Å². The molecule has 0 radical (unpaired) electrons. The van der Waals surface area contributed by atoms with Gasteiger partial charge in [-0.25, -0.2) is 8.42 Å². The molecule has 1 atom stereocenters. The smallest absolute Gasteiger partial charge is 0.182 e. The van der Waals surface area contributed by atoms with Crippen molar-refractivity contribution in [2.45, 2.75) is 23.5 Å². The van der Waals surface area contributed by atoms with Gasteiger partial charge in [0.25, 0.3) is 0 Å². The number of nitrogens with one attached hydrogen (secondary N) is 1. The summed E-state index contributed by atoms with van der Waals surface area (Å²) in [5.41, 5.74) is 0. The molecule has 0 aromatic heterocycles. The molecular weight excluding hydrogens is 290 g/mol. The molecule has 1 N–H and O–H groups in total. The highest BCUT2D eigenvalue weighted by atomic mass is 79.9. The van der Waals surface area contributed by atoms with Crippen LogP contribution >= 0.6 is 15.9 Å². The number of sulfone groups is 1.